The lowest BCUT2D eigenvalue weighted by Gasteiger charge is -2.15. The van der Waals surface area contributed by atoms with Gasteiger partial charge in [0.25, 0.3) is 5.91 Å². The van der Waals surface area contributed by atoms with Crippen molar-refractivity contribution in [2.75, 3.05) is 26.6 Å². The molecule has 160 valence electrons. The summed E-state index contributed by atoms with van der Waals surface area (Å²) < 4.78 is 16.1. The maximum absolute atomic E-state index is 13.3. The Morgan fingerprint density at radius 3 is 2.32 bits per heavy atom. The van der Waals surface area contributed by atoms with Gasteiger partial charge in [-0.15, -0.1) is 0 Å². The number of benzene rings is 2. The molecule has 0 saturated heterocycles. The SMILES string of the molecule is C=CSC(=C)c1cc(C(=O)Nc2cc(OC)c(OC)c(OC)c2)c2cc(C)ccc2n1. The molecule has 7 heteroatoms. The number of carbonyl (C=O) groups is 1. The van der Waals surface area contributed by atoms with Crippen LogP contribution in [0.5, 0.6) is 17.2 Å². The third-order valence-electron chi connectivity index (χ3n) is 4.64. The summed E-state index contributed by atoms with van der Waals surface area (Å²) in [5.41, 5.74) is 3.37. The first-order chi connectivity index (χ1) is 14.9. The minimum atomic E-state index is -0.287. The first-order valence-electron chi connectivity index (χ1n) is 9.41. The van der Waals surface area contributed by atoms with E-state index in [1.165, 1.54) is 33.1 Å². The predicted octanol–water partition coefficient (Wildman–Crippen LogP) is 5.67. The number of anilines is 1. The lowest BCUT2D eigenvalue weighted by atomic mass is 10.0. The number of fused-ring (bicyclic) bond motifs is 1. The highest BCUT2D eigenvalue weighted by Crippen LogP contribution is 2.40. The van der Waals surface area contributed by atoms with Crippen molar-refractivity contribution < 1.29 is 19.0 Å². The van der Waals surface area contributed by atoms with Crippen molar-refractivity contribution in [1.82, 2.24) is 4.98 Å². The quantitative estimate of drug-likeness (QED) is 0.491. The maximum Gasteiger partial charge on any atom is 0.256 e. The van der Waals surface area contributed by atoms with Crippen molar-refractivity contribution in [3.05, 3.63) is 71.8 Å². The molecule has 3 rings (SSSR count). The number of aromatic nitrogens is 1. The Morgan fingerprint density at radius 2 is 1.74 bits per heavy atom. The number of ether oxygens (including phenoxy) is 3. The number of pyridine rings is 1. The summed E-state index contributed by atoms with van der Waals surface area (Å²) in [5, 5.41) is 5.36. The van der Waals surface area contributed by atoms with Crippen LogP contribution in [0.25, 0.3) is 15.8 Å². The van der Waals surface area contributed by atoms with Gasteiger partial charge in [-0.2, -0.15) is 0 Å². The van der Waals surface area contributed by atoms with Gasteiger partial charge in [0.05, 0.1) is 38.1 Å². The summed E-state index contributed by atoms with van der Waals surface area (Å²) >= 11 is 1.36. The van der Waals surface area contributed by atoms with Crippen LogP contribution in [0.4, 0.5) is 5.69 Å². The molecule has 1 aromatic heterocycles. The molecular weight excluding hydrogens is 412 g/mol. The van der Waals surface area contributed by atoms with E-state index < -0.39 is 0 Å². The maximum atomic E-state index is 13.3. The average Bonchev–Trinajstić information content (AvgIpc) is 2.77. The second-order valence-corrected chi connectivity index (χ2v) is 7.71. The van der Waals surface area contributed by atoms with Gasteiger partial charge in [0.15, 0.2) is 11.5 Å². The average molecular weight is 437 g/mol. The molecule has 31 heavy (non-hydrogen) atoms. The smallest absolute Gasteiger partial charge is 0.256 e. The first kappa shape index (κ1) is 22.2. The number of aryl methyl sites for hydroxylation is 1. The fourth-order valence-electron chi connectivity index (χ4n) is 3.18. The molecule has 0 atom stereocenters. The Labute approximate surface area is 185 Å². The Bertz CT molecular complexity index is 1150. The number of amides is 1. The van der Waals surface area contributed by atoms with E-state index in [4.69, 9.17) is 14.2 Å². The molecule has 6 nitrogen and oxygen atoms in total. The Morgan fingerprint density at radius 1 is 1.06 bits per heavy atom. The van der Waals surface area contributed by atoms with Crippen molar-refractivity contribution in [2.24, 2.45) is 0 Å². The lowest BCUT2D eigenvalue weighted by molar-refractivity contribution is 0.102. The molecule has 3 aromatic rings. The predicted molar refractivity (Wildman–Crippen MR) is 127 cm³/mol. The van der Waals surface area contributed by atoms with Crippen LogP contribution in [-0.2, 0) is 0 Å². The molecule has 1 heterocycles. The van der Waals surface area contributed by atoms with E-state index in [0.717, 1.165) is 10.9 Å². The molecule has 0 aliphatic carbocycles. The molecule has 2 aromatic carbocycles. The van der Waals surface area contributed by atoms with E-state index in [9.17, 15) is 4.79 Å². The largest absolute Gasteiger partial charge is 0.493 e. The summed E-state index contributed by atoms with van der Waals surface area (Å²) in [6.07, 6.45) is 0. The van der Waals surface area contributed by atoms with Gasteiger partial charge in [-0.1, -0.05) is 36.5 Å². The van der Waals surface area contributed by atoms with Gasteiger partial charge in [-0.25, -0.2) is 4.98 Å². The van der Waals surface area contributed by atoms with E-state index in [2.05, 4.69) is 23.5 Å². The van der Waals surface area contributed by atoms with Crippen LogP contribution < -0.4 is 19.5 Å². The van der Waals surface area contributed by atoms with E-state index in [1.807, 2.05) is 25.1 Å². The molecule has 0 aliphatic rings. The first-order valence-corrected chi connectivity index (χ1v) is 10.3. The number of hydrogen-bond donors (Lipinski definition) is 1. The fraction of sp³-hybridized carbons (Fsp3) is 0.167. The summed E-state index contributed by atoms with van der Waals surface area (Å²) in [4.78, 5) is 18.7. The molecule has 0 spiro atoms. The molecular formula is C24H24N2O4S. The zero-order chi connectivity index (χ0) is 22.5. The van der Waals surface area contributed by atoms with Crippen LogP contribution >= 0.6 is 11.8 Å². The third-order valence-corrected chi connectivity index (χ3v) is 5.30. The van der Waals surface area contributed by atoms with Gasteiger partial charge in [-0.3, -0.25) is 4.79 Å². The Balaban J connectivity index is 2.08. The van der Waals surface area contributed by atoms with Crippen LogP contribution in [0.2, 0.25) is 0 Å². The second-order valence-electron chi connectivity index (χ2n) is 6.65. The zero-order valence-electron chi connectivity index (χ0n) is 17.9. The highest BCUT2D eigenvalue weighted by molar-refractivity contribution is 8.10. The molecule has 0 radical (unpaired) electrons. The second kappa shape index (κ2) is 9.57. The van der Waals surface area contributed by atoms with Gasteiger partial charge >= 0.3 is 0 Å². The number of nitrogens with one attached hydrogen (secondary N) is 1. The number of nitrogens with zero attached hydrogens (tertiary/aromatic N) is 1. The van der Waals surface area contributed by atoms with Crippen LogP contribution in [-0.4, -0.2) is 32.2 Å². The molecule has 0 unspecified atom stereocenters. The van der Waals surface area contributed by atoms with Crippen molar-refractivity contribution in [1.29, 1.82) is 0 Å². The Hall–Kier alpha value is -3.45. The standard InChI is InChI=1S/C24H24N2O4S/c1-7-31-15(3)20-13-18(17-10-14(2)8-9-19(17)26-20)24(27)25-16-11-21(28-4)23(30-6)22(12-16)29-5/h7-13H,1,3H2,2,4-6H3,(H,25,27). The summed E-state index contributed by atoms with van der Waals surface area (Å²) in [7, 11) is 4.58. The summed E-state index contributed by atoms with van der Waals surface area (Å²) in [5.74, 6) is 1.06. The number of methoxy groups -OCH3 is 3. The third kappa shape index (κ3) is 4.67. The van der Waals surface area contributed by atoms with Gasteiger partial charge < -0.3 is 19.5 Å². The minimum absolute atomic E-state index is 0.287. The molecule has 0 saturated carbocycles. The fourth-order valence-corrected chi connectivity index (χ4v) is 3.61. The summed E-state index contributed by atoms with van der Waals surface area (Å²) in [6, 6.07) is 10.9. The molecule has 0 fully saturated rings. The topological polar surface area (TPSA) is 69.7 Å². The van der Waals surface area contributed by atoms with Crippen LogP contribution in [0.15, 0.2) is 55.0 Å². The number of thioether (sulfide) groups is 1. The van der Waals surface area contributed by atoms with E-state index >= 15 is 0 Å². The van der Waals surface area contributed by atoms with Crippen molar-refractivity contribution in [3.8, 4) is 17.2 Å². The van der Waals surface area contributed by atoms with Crippen LogP contribution in [0.1, 0.15) is 21.6 Å². The van der Waals surface area contributed by atoms with Crippen LogP contribution in [0.3, 0.4) is 0 Å². The molecule has 0 aliphatic heterocycles. The number of carbonyl (C=O) groups excluding carboxylic acids is 1. The monoisotopic (exact) mass is 436 g/mol. The number of rotatable bonds is 8. The van der Waals surface area contributed by atoms with Gasteiger partial charge in [0.2, 0.25) is 5.75 Å². The highest BCUT2D eigenvalue weighted by Gasteiger charge is 2.18. The highest BCUT2D eigenvalue weighted by atomic mass is 32.2. The van der Waals surface area contributed by atoms with Crippen molar-refractivity contribution in [3.63, 3.8) is 0 Å². The zero-order valence-corrected chi connectivity index (χ0v) is 18.8. The van der Waals surface area contributed by atoms with Crippen LogP contribution in [0, 0.1) is 6.92 Å². The van der Waals surface area contributed by atoms with Crippen molar-refractivity contribution >= 4 is 39.2 Å². The lowest BCUT2D eigenvalue weighted by Crippen LogP contribution is -2.14. The Kier molecular flexibility index (Phi) is 6.87. The van der Waals surface area contributed by atoms with Gasteiger partial charge in [0.1, 0.15) is 0 Å². The normalized spacial score (nSPS) is 10.5. The summed E-state index contributed by atoms with van der Waals surface area (Å²) in [6.45, 7) is 9.73. The van der Waals surface area contributed by atoms with E-state index in [-0.39, 0.29) is 5.91 Å². The van der Waals surface area contributed by atoms with Crippen molar-refractivity contribution in [2.45, 2.75) is 6.92 Å². The molecule has 1 N–H and O–H groups in total. The van der Waals surface area contributed by atoms with E-state index in [1.54, 1.807) is 23.6 Å². The molecule has 0 bridgehead atoms. The van der Waals surface area contributed by atoms with Gasteiger partial charge in [-0.05, 0) is 30.5 Å². The minimum Gasteiger partial charge on any atom is -0.493 e. The molecule has 1 amide bonds. The number of hydrogen-bond acceptors (Lipinski definition) is 6. The van der Waals surface area contributed by atoms with E-state index in [0.29, 0.717) is 44.6 Å². The van der Waals surface area contributed by atoms with Gasteiger partial charge in [0, 0.05) is 28.1 Å².